The van der Waals surface area contributed by atoms with E-state index < -0.39 is 0 Å². The lowest BCUT2D eigenvalue weighted by Crippen LogP contribution is -2.35. The highest BCUT2D eigenvalue weighted by atomic mass is 79.9. The van der Waals surface area contributed by atoms with Crippen molar-refractivity contribution in [1.29, 1.82) is 0 Å². The molecule has 0 unspecified atom stereocenters. The van der Waals surface area contributed by atoms with Crippen molar-refractivity contribution >= 4 is 27.5 Å². The molecule has 1 aromatic carbocycles. The van der Waals surface area contributed by atoms with Crippen molar-refractivity contribution in [2.24, 2.45) is 11.3 Å². The second-order valence-electron chi connectivity index (χ2n) is 6.56. The third kappa shape index (κ3) is 3.63. The fraction of sp³-hybridized carbons (Fsp3) is 0.588. The average molecular weight is 338 g/mol. The highest BCUT2D eigenvalue weighted by molar-refractivity contribution is 9.10. The molecule has 0 bridgehead atoms. The molecule has 20 heavy (non-hydrogen) atoms. The predicted octanol–water partition coefficient (Wildman–Crippen LogP) is 5.30. The van der Waals surface area contributed by atoms with E-state index in [2.05, 4.69) is 41.2 Å². The normalized spacial score (nSPS) is 17.4. The third-order valence-corrected chi connectivity index (χ3v) is 4.60. The summed E-state index contributed by atoms with van der Waals surface area (Å²) in [7, 11) is 0. The molecule has 2 nitrogen and oxygen atoms in total. The van der Waals surface area contributed by atoms with E-state index >= 15 is 0 Å². The first-order valence-electron chi connectivity index (χ1n) is 7.50. The van der Waals surface area contributed by atoms with Crippen LogP contribution in [0.15, 0.2) is 22.7 Å². The lowest BCUT2D eigenvalue weighted by atomic mass is 9.77. The zero-order chi connectivity index (χ0) is 14.8. The van der Waals surface area contributed by atoms with E-state index in [1.54, 1.807) is 0 Å². The van der Waals surface area contributed by atoms with E-state index in [1.165, 1.54) is 12.8 Å². The van der Waals surface area contributed by atoms with E-state index in [9.17, 15) is 4.79 Å². The van der Waals surface area contributed by atoms with Crippen LogP contribution < -0.4 is 5.32 Å². The van der Waals surface area contributed by atoms with Crippen molar-refractivity contribution < 1.29 is 4.79 Å². The van der Waals surface area contributed by atoms with Gasteiger partial charge in [-0.3, -0.25) is 4.79 Å². The SMILES string of the molecule is Cc1cc(Br)cc(NC(=O)C2(CC(C)C)CCCC2)c1. The molecular formula is C17H24BrNO. The summed E-state index contributed by atoms with van der Waals surface area (Å²) < 4.78 is 1.01. The molecule has 0 aromatic heterocycles. The molecule has 0 atom stereocenters. The van der Waals surface area contributed by atoms with Crippen molar-refractivity contribution in [2.75, 3.05) is 5.32 Å². The summed E-state index contributed by atoms with van der Waals surface area (Å²) in [5.41, 5.74) is 1.90. The van der Waals surface area contributed by atoms with E-state index in [0.717, 1.165) is 35.0 Å². The van der Waals surface area contributed by atoms with Gasteiger partial charge in [0.15, 0.2) is 0 Å². The molecule has 0 saturated heterocycles. The molecule has 2 rings (SSSR count). The number of anilines is 1. The van der Waals surface area contributed by atoms with Crippen LogP contribution in [0, 0.1) is 18.3 Å². The first-order valence-corrected chi connectivity index (χ1v) is 8.29. The predicted molar refractivity (Wildman–Crippen MR) is 87.9 cm³/mol. The van der Waals surface area contributed by atoms with Gasteiger partial charge in [0.05, 0.1) is 0 Å². The third-order valence-electron chi connectivity index (χ3n) is 4.14. The van der Waals surface area contributed by atoms with Crippen molar-refractivity contribution in [3.8, 4) is 0 Å². The standard InChI is InChI=1S/C17H24BrNO/c1-12(2)11-17(6-4-5-7-17)16(20)19-15-9-13(3)8-14(18)10-15/h8-10,12H,4-7,11H2,1-3H3,(H,19,20). The molecule has 1 N–H and O–H groups in total. The van der Waals surface area contributed by atoms with Crippen molar-refractivity contribution in [3.05, 3.63) is 28.2 Å². The number of rotatable bonds is 4. The topological polar surface area (TPSA) is 29.1 Å². The van der Waals surface area contributed by atoms with E-state index in [1.807, 2.05) is 19.1 Å². The van der Waals surface area contributed by atoms with Gasteiger partial charge >= 0.3 is 0 Å². The van der Waals surface area contributed by atoms with Gasteiger partial charge in [0, 0.05) is 15.6 Å². The molecule has 1 aromatic rings. The van der Waals surface area contributed by atoms with Gasteiger partial charge in [-0.25, -0.2) is 0 Å². The molecule has 1 saturated carbocycles. The lowest BCUT2D eigenvalue weighted by molar-refractivity contribution is -0.126. The van der Waals surface area contributed by atoms with Gasteiger partial charge in [-0.1, -0.05) is 42.6 Å². The van der Waals surface area contributed by atoms with Crippen LogP contribution >= 0.6 is 15.9 Å². The fourth-order valence-corrected chi connectivity index (χ4v) is 4.04. The Morgan fingerprint density at radius 3 is 2.50 bits per heavy atom. The van der Waals surface area contributed by atoms with Crippen molar-refractivity contribution in [1.82, 2.24) is 0 Å². The van der Waals surface area contributed by atoms with Crippen LogP contribution in [0.3, 0.4) is 0 Å². The maximum atomic E-state index is 12.8. The molecule has 0 heterocycles. The van der Waals surface area contributed by atoms with Crippen LogP contribution in [0.2, 0.25) is 0 Å². The number of hydrogen-bond donors (Lipinski definition) is 1. The number of halogens is 1. The quantitative estimate of drug-likeness (QED) is 0.793. The molecular weight excluding hydrogens is 314 g/mol. The number of carbonyl (C=O) groups is 1. The van der Waals surface area contributed by atoms with Crippen molar-refractivity contribution in [2.45, 2.75) is 52.9 Å². The van der Waals surface area contributed by atoms with Crippen LogP contribution in [0.4, 0.5) is 5.69 Å². The van der Waals surface area contributed by atoms with Crippen LogP contribution in [0.5, 0.6) is 0 Å². The van der Waals surface area contributed by atoms with E-state index in [0.29, 0.717) is 5.92 Å². The largest absolute Gasteiger partial charge is 0.326 e. The molecule has 110 valence electrons. The summed E-state index contributed by atoms with van der Waals surface area (Å²) in [5.74, 6) is 0.768. The number of nitrogens with one attached hydrogen (secondary N) is 1. The maximum Gasteiger partial charge on any atom is 0.230 e. The summed E-state index contributed by atoms with van der Waals surface area (Å²) in [4.78, 5) is 12.8. The Morgan fingerprint density at radius 1 is 1.30 bits per heavy atom. The van der Waals surface area contributed by atoms with Gasteiger partial charge in [-0.05, 0) is 55.9 Å². The molecule has 0 spiro atoms. The van der Waals surface area contributed by atoms with Crippen LogP contribution in [-0.4, -0.2) is 5.91 Å². The second-order valence-corrected chi connectivity index (χ2v) is 7.47. The Morgan fingerprint density at radius 2 is 1.95 bits per heavy atom. The first-order chi connectivity index (χ1) is 9.41. The number of carbonyl (C=O) groups excluding carboxylic acids is 1. The summed E-state index contributed by atoms with van der Waals surface area (Å²) in [6, 6.07) is 6.05. The number of hydrogen-bond acceptors (Lipinski definition) is 1. The zero-order valence-electron chi connectivity index (χ0n) is 12.6. The maximum absolute atomic E-state index is 12.8. The van der Waals surface area contributed by atoms with Gasteiger partial charge in [-0.15, -0.1) is 0 Å². The van der Waals surface area contributed by atoms with Gasteiger partial charge in [0.1, 0.15) is 0 Å². The van der Waals surface area contributed by atoms with Gasteiger partial charge in [0.2, 0.25) is 5.91 Å². The van der Waals surface area contributed by atoms with Crippen molar-refractivity contribution in [3.63, 3.8) is 0 Å². The Hall–Kier alpha value is -0.830. The number of amides is 1. The van der Waals surface area contributed by atoms with Gasteiger partial charge in [0.25, 0.3) is 0 Å². The highest BCUT2D eigenvalue weighted by Gasteiger charge is 2.41. The Kier molecular flexibility index (Phi) is 4.90. The first kappa shape index (κ1) is 15.6. The number of benzene rings is 1. The molecule has 1 aliphatic carbocycles. The Labute approximate surface area is 130 Å². The minimum absolute atomic E-state index is 0.148. The van der Waals surface area contributed by atoms with E-state index in [4.69, 9.17) is 0 Å². The molecule has 1 amide bonds. The molecule has 0 aliphatic heterocycles. The summed E-state index contributed by atoms with van der Waals surface area (Å²) in [6.45, 7) is 6.45. The van der Waals surface area contributed by atoms with Gasteiger partial charge in [-0.2, -0.15) is 0 Å². The van der Waals surface area contributed by atoms with Crippen LogP contribution in [0.1, 0.15) is 51.5 Å². The van der Waals surface area contributed by atoms with Crippen LogP contribution in [0.25, 0.3) is 0 Å². The fourth-order valence-electron chi connectivity index (χ4n) is 3.43. The minimum Gasteiger partial charge on any atom is -0.326 e. The molecule has 1 aliphatic rings. The number of aryl methyl sites for hydroxylation is 1. The summed E-state index contributed by atoms with van der Waals surface area (Å²) in [5, 5.41) is 3.14. The monoisotopic (exact) mass is 337 g/mol. The smallest absolute Gasteiger partial charge is 0.230 e. The molecule has 1 fully saturated rings. The second kappa shape index (κ2) is 6.30. The minimum atomic E-state index is -0.148. The van der Waals surface area contributed by atoms with Crippen LogP contribution in [-0.2, 0) is 4.79 Å². The summed E-state index contributed by atoms with van der Waals surface area (Å²) >= 11 is 3.49. The zero-order valence-corrected chi connectivity index (χ0v) is 14.2. The Bertz CT molecular complexity index is 470. The van der Waals surface area contributed by atoms with E-state index in [-0.39, 0.29) is 11.3 Å². The summed E-state index contributed by atoms with van der Waals surface area (Å²) in [6.07, 6.45) is 5.41. The Balaban J connectivity index is 2.16. The lowest BCUT2D eigenvalue weighted by Gasteiger charge is -2.29. The average Bonchev–Trinajstić information content (AvgIpc) is 2.76. The highest BCUT2D eigenvalue weighted by Crippen LogP contribution is 2.44. The van der Waals surface area contributed by atoms with Gasteiger partial charge < -0.3 is 5.32 Å². The molecule has 0 radical (unpaired) electrons. The molecule has 3 heteroatoms.